The van der Waals surface area contributed by atoms with Crippen molar-refractivity contribution in [2.45, 2.75) is 0 Å². The van der Waals surface area contributed by atoms with E-state index in [4.69, 9.17) is 0 Å². The molecule has 0 saturated carbocycles. The number of hydrogen-bond acceptors (Lipinski definition) is 1. The number of para-hydroxylation sites is 2. The highest BCUT2D eigenvalue weighted by Gasteiger charge is 2.22. The van der Waals surface area contributed by atoms with Gasteiger partial charge < -0.3 is 9.47 Å². The van der Waals surface area contributed by atoms with Crippen LogP contribution in [0.3, 0.4) is 0 Å². The zero-order chi connectivity index (χ0) is 43.8. The Morgan fingerprint density at radius 3 is 1.36 bits per heavy atom. The lowest BCUT2D eigenvalue weighted by Crippen LogP contribution is -2.11. The summed E-state index contributed by atoms with van der Waals surface area (Å²) in [5, 5.41) is 4.98. The highest BCUT2D eigenvalue weighted by molar-refractivity contribution is 6.10. The number of hydrogen-bond donors (Lipinski definition) is 0. The van der Waals surface area contributed by atoms with Gasteiger partial charge in [-0.3, -0.25) is 0 Å². The van der Waals surface area contributed by atoms with Gasteiger partial charge in [0.2, 0.25) is 0 Å². The Bertz CT molecular complexity index is 3610. The van der Waals surface area contributed by atoms with Gasteiger partial charge in [-0.1, -0.05) is 212 Å². The van der Waals surface area contributed by atoms with Gasteiger partial charge in [0.05, 0.1) is 22.4 Å². The van der Waals surface area contributed by atoms with Crippen LogP contribution in [0.15, 0.2) is 267 Å². The number of nitrogens with zero attached hydrogens (tertiary/aromatic N) is 2. The molecule has 66 heavy (non-hydrogen) atoms. The summed E-state index contributed by atoms with van der Waals surface area (Å²) in [6.07, 6.45) is 0. The zero-order valence-corrected chi connectivity index (χ0v) is 36.3. The predicted octanol–water partition coefficient (Wildman–Crippen LogP) is 17.7. The monoisotopic (exact) mass is 840 g/mol. The molecule has 0 spiro atoms. The van der Waals surface area contributed by atoms with Crippen LogP contribution in [0.1, 0.15) is 0 Å². The lowest BCUT2D eigenvalue weighted by Gasteiger charge is -2.29. The van der Waals surface area contributed by atoms with Crippen LogP contribution < -0.4 is 4.90 Å². The van der Waals surface area contributed by atoms with Crippen molar-refractivity contribution < 1.29 is 0 Å². The molecule has 0 radical (unpaired) electrons. The van der Waals surface area contributed by atoms with E-state index in [9.17, 15) is 0 Å². The molecular formula is C64H44N2. The Balaban J connectivity index is 1.05. The van der Waals surface area contributed by atoms with Gasteiger partial charge in [0.15, 0.2) is 0 Å². The first kappa shape index (κ1) is 38.9. The van der Waals surface area contributed by atoms with Crippen molar-refractivity contribution >= 4 is 49.6 Å². The first-order valence-electron chi connectivity index (χ1n) is 22.7. The summed E-state index contributed by atoms with van der Waals surface area (Å²) < 4.78 is 2.45. The minimum absolute atomic E-state index is 1.07. The minimum atomic E-state index is 1.07. The van der Waals surface area contributed by atoms with E-state index in [1.54, 1.807) is 0 Å². The molecule has 2 nitrogen and oxygen atoms in total. The minimum Gasteiger partial charge on any atom is -0.310 e. The Morgan fingerprint density at radius 2 is 0.727 bits per heavy atom. The van der Waals surface area contributed by atoms with Crippen molar-refractivity contribution in [2.75, 3.05) is 4.90 Å². The van der Waals surface area contributed by atoms with Crippen LogP contribution in [-0.2, 0) is 0 Å². The molecule has 12 aromatic rings. The van der Waals surface area contributed by atoms with Gasteiger partial charge in [0.1, 0.15) is 0 Å². The van der Waals surface area contributed by atoms with Crippen LogP contribution in [0.2, 0.25) is 0 Å². The molecular weight excluding hydrogens is 797 g/mol. The molecule has 0 bridgehead atoms. The van der Waals surface area contributed by atoms with Crippen molar-refractivity contribution in [1.82, 2.24) is 4.57 Å². The third kappa shape index (κ3) is 6.93. The smallest absolute Gasteiger partial charge is 0.0546 e. The third-order valence-corrected chi connectivity index (χ3v) is 13.0. The van der Waals surface area contributed by atoms with E-state index in [0.29, 0.717) is 0 Å². The van der Waals surface area contributed by atoms with Gasteiger partial charge in [-0.05, 0) is 110 Å². The Hall–Kier alpha value is -8.72. The number of aromatic nitrogens is 1. The van der Waals surface area contributed by atoms with Crippen molar-refractivity contribution in [3.8, 4) is 61.3 Å². The van der Waals surface area contributed by atoms with E-state index in [0.717, 1.165) is 39.4 Å². The fraction of sp³-hybridized carbons (Fsp3) is 0. The quantitative estimate of drug-likeness (QED) is 0.141. The van der Waals surface area contributed by atoms with Crippen LogP contribution in [0, 0.1) is 0 Å². The molecule has 310 valence electrons. The molecule has 0 amide bonds. The maximum atomic E-state index is 2.45. The van der Waals surface area contributed by atoms with Gasteiger partial charge in [0.25, 0.3) is 0 Å². The highest BCUT2D eigenvalue weighted by atomic mass is 15.1. The number of fused-ring (bicyclic) bond motifs is 4. The molecule has 1 aromatic heterocycles. The van der Waals surface area contributed by atoms with Crippen LogP contribution in [0.25, 0.3) is 93.9 Å². The molecule has 0 fully saturated rings. The average molecular weight is 841 g/mol. The second-order valence-electron chi connectivity index (χ2n) is 16.9. The maximum Gasteiger partial charge on any atom is 0.0546 e. The molecule has 0 saturated heterocycles. The van der Waals surface area contributed by atoms with E-state index >= 15 is 0 Å². The molecule has 0 atom stereocenters. The van der Waals surface area contributed by atoms with E-state index in [2.05, 4.69) is 276 Å². The van der Waals surface area contributed by atoms with Crippen LogP contribution >= 0.6 is 0 Å². The molecule has 0 unspecified atom stereocenters. The average Bonchev–Trinajstić information content (AvgIpc) is 3.74. The van der Waals surface area contributed by atoms with Crippen molar-refractivity contribution in [2.24, 2.45) is 0 Å². The van der Waals surface area contributed by atoms with Gasteiger partial charge in [0, 0.05) is 33.3 Å². The molecule has 0 aliphatic rings. The molecule has 0 aliphatic heterocycles. The normalized spacial score (nSPS) is 11.3. The van der Waals surface area contributed by atoms with Crippen molar-refractivity contribution in [3.63, 3.8) is 0 Å². The SMILES string of the molecule is c1ccc(-c2ccc(N(c3ccc(-c4c(-c5ccccc5)cccc4-n4c5ccccc5c5ccccc54)cc3)c3ccc(-c4cccc5ccccc45)cc3)c(-c3ccccc3)c2)cc1. The summed E-state index contributed by atoms with van der Waals surface area (Å²) in [6, 6.07) is 96.9. The second-order valence-corrected chi connectivity index (χ2v) is 16.9. The zero-order valence-electron chi connectivity index (χ0n) is 36.3. The predicted molar refractivity (Wildman–Crippen MR) is 280 cm³/mol. The van der Waals surface area contributed by atoms with Crippen LogP contribution in [-0.4, -0.2) is 4.57 Å². The summed E-state index contributed by atoms with van der Waals surface area (Å²) in [7, 11) is 0. The summed E-state index contributed by atoms with van der Waals surface area (Å²) in [6.45, 7) is 0. The Kier molecular flexibility index (Phi) is 9.89. The van der Waals surface area contributed by atoms with Gasteiger partial charge in [-0.25, -0.2) is 0 Å². The van der Waals surface area contributed by atoms with Gasteiger partial charge in [-0.2, -0.15) is 0 Å². The highest BCUT2D eigenvalue weighted by Crippen LogP contribution is 2.46. The molecule has 11 aromatic carbocycles. The van der Waals surface area contributed by atoms with Crippen molar-refractivity contribution in [3.05, 3.63) is 267 Å². The summed E-state index contributed by atoms with van der Waals surface area (Å²) in [5.74, 6) is 0. The van der Waals surface area contributed by atoms with E-state index < -0.39 is 0 Å². The largest absolute Gasteiger partial charge is 0.310 e. The fourth-order valence-electron chi connectivity index (χ4n) is 9.93. The third-order valence-electron chi connectivity index (χ3n) is 13.0. The lowest BCUT2D eigenvalue weighted by molar-refractivity contribution is 1.18. The first-order valence-corrected chi connectivity index (χ1v) is 22.7. The summed E-state index contributed by atoms with van der Waals surface area (Å²) >= 11 is 0. The number of benzene rings is 11. The lowest BCUT2D eigenvalue weighted by atomic mass is 9.92. The standard InChI is InChI=1S/C64H44N2/c1-4-18-45(19-5-1)51-38-43-62(59(44-51)48-22-8-3-9-23-48)65(52-39-34-49(35-40-52)55-29-16-25-46-24-10-11-26-54(46)55)53-41-36-50(37-42-53)64-56(47-20-6-2-7-21-47)30-17-33-63(64)66-60-31-14-12-27-57(60)58-28-13-15-32-61(58)66/h1-44H. The van der Waals surface area contributed by atoms with E-state index in [1.165, 1.54) is 71.5 Å². The molecule has 0 N–H and O–H groups in total. The maximum absolute atomic E-state index is 2.45. The number of rotatable bonds is 9. The Labute approximate surface area is 385 Å². The fourth-order valence-corrected chi connectivity index (χ4v) is 9.93. The van der Waals surface area contributed by atoms with E-state index in [-0.39, 0.29) is 0 Å². The van der Waals surface area contributed by atoms with E-state index in [1.807, 2.05) is 0 Å². The van der Waals surface area contributed by atoms with Gasteiger partial charge in [-0.15, -0.1) is 0 Å². The molecule has 0 aliphatic carbocycles. The second kappa shape index (κ2) is 16.8. The first-order chi connectivity index (χ1) is 32.8. The molecule has 2 heteroatoms. The molecule has 12 rings (SSSR count). The van der Waals surface area contributed by atoms with Crippen LogP contribution in [0.5, 0.6) is 0 Å². The van der Waals surface area contributed by atoms with Gasteiger partial charge >= 0.3 is 0 Å². The number of anilines is 3. The van der Waals surface area contributed by atoms with Crippen LogP contribution in [0.4, 0.5) is 17.1 Å². The topological polar surface area (TPSA) is 8.17 Å². The molecule has 1 heterocycles. The summed E-state index contributed by atoms with van der Waals surface area (Å²) in [5.41, 5.74) is 18.5. The Morgan fingerprint density at radius 1 is 0.273 bits per heavy atom. The van der Waals surface area contributed by atoms with Crippen molar-refractivity contribution in [1.29, 1.82) is 0 Å². The summed E-state index contributed by atoms with van der Waals surface area (Å²) in [4.78, 5) is 2.42.